The van der Waals surface area contributed by atoms with Crippen LogP contribution in [0.4, 0.5) is 0 Å². The SMILES string of the molecule is CNC(c1ccc(Br)o1)c1cc(C)c(OC)cc1C. The molecule has 4 heteroatoms. The van der Waals surface area contributed by atoms with E-state index in [0.717, 1.165) is 21.7 Å². The average Bonchev–Trinajstić information content (AvgIpc) is 2.80. The molecule has 2 aromatic rings. The molecule has 1 unspecified atom stereocenters. The van der Waals surface area contributed by atoms with Gasteiger partial charge >= 0.3 is 0 Å². The molecule has 0 aliphatic carbocycles. The molecule has 1 heterocycles. The molecule has 2 rings (SSSR count). The summed E-state index contributed by atoms with van der Waals surface area (Å²) in [6.07, 6.45) is 0. The predicted molar refractivity (Wildman–Crippen MR) is 79.8 cm³/mol. The number of furan rings is 1. The second kappa shape index (κ2) is 5.80. The van der Waals surface area contributed by atoms with E-state index in [2.05, 4.69) is 40.3 Å². The Balaban J connectivity index is 2.47. The molecule has 0 aliphatic rings. The van der Waals surface area contributed by atoms with Crippen LogP contribution in [-0.2, 0) is 0 Å². The summed E-state index contributed by atoms with van der Waals surface area (Å²) in [5.74, 6) is 1.80. The van der Waals surface area contributed by atoms with Gasteiger partial charge in [-0.05, 0) is 71.7 Å². The Morgan fingerprint density at radius 1 is 1.21 bits per heavy atom. The van der Waals surface area contributed by atoms with Crippen molar-refractivity contribution in [2.45, 2.75) is 19.9 Å². The number of rotatable bonds is 4. The Morgan fingerprint density at radius 2 is 1.95 bits per heavy atom. The fourth-order valence-electron chi connectivity index (χ4n) is 2.28. The number of nitrogens with one attached hydrogen (secondary N) is 1. The summed E-state index contributed by atoms with van der Waals surface area (Å²) in [5.41, 5.74) is 3.49. The van der Waals surface area contributed by atoms with Crippen LogP contribution in [0, 0.1) is 13.8 Å². The molecule has 102 valence electrons. The third-order valence-corrected chi connectivity index (χ3v) is 3.69. The van der Waals surface area contributed by atoms with Crippen molar-refractivity contribution in [3.63, 3.8) is 0 Å². The molecule has 0 radical (unpaired) electrons. The molecule has 0 saturated carbocycles. The van der Waals surface area contributed by atoms with Gasteiger partial charge in [0.1, 0.15) is 11.5 Å². The Kier molecular flexibility index (Phi) is 4.32. The number of aryl methyl sites for hydroxylation is 2. The number of ether oxygens (including phenoxy) is 1. The van der Waals surface area contributed by atoms with Crippen LogP contribution in [0.5, 0.6) is 5.75 Å². The molecular weight excluding hydrogens is 306 g/mol. The lowest BCUT2D eigenvalue weighted by Gasteiger charge is -2.18. The average molecular weight is 324 g/mol. The van der Waals surface area contributed by atoms with E-state index in [0.29, 0.717) is 0 Å². The van der Waals surface area contributed by atoms with Gasteiger partial charge in [-0.15, -0.1) is 0 Å². The van der Waals surface area contributed by atoms with E-state index in [1.807, 2.05) is 26.1 Å². The second-order valence-corrected chi connectivity index (χ2v) is 5.32. The number of hydrogen-bond donors (Lipinski definition) is 1. The van der Waals surface area contributed by atoms with Crippen LogP contribution < -0.4 is 10.1 Å². The minimum absolute atomic E-state index is 0.0379. The smallest absolute Gasteiger partial charge is 0.169 e. The Morgan fingerprint density at radius 3 is 2.47 bits per heavy atom. The fraction of sp³-hybridized carbons (Fsp3) is 0.333. The van der Waals surface area contributed by atoms with Gasteiger partial charge in [0.2, 0.25) is 0 Å². The summed E-state index contributed by atoms with van der Waals surface area (Å²) in [7, 11) is 3.63. The van der Waals surface area contributed by atoms with Crippen LogP contribution in [0.1, 0.15) is 28.5 Å². The Labute approximate surface area is 122 Å². The summed E-state index contributed by atoms with van der Waals surface area (Å²) in [6.45, 7) is 4.13. The van der Waals surface area contributed by atoms with Gasteiger partial charge in [-0.25, -0.2) is 0 Å². The first-order valence-electron chi connectivity index (χ1n) is 6.14. The van der Waals surface area contributed by atoms with Gasteiger partial charge in [0.15, 0.2) is 4.67 Å². The van der Waals surface area contributed by atoms with Gasteiger partial charge in [0, 0.05) is 0 Å². The molecule has 1 atom stereocenters. The normalized spacial score (nSPS) is 12.5. The van der Waals surface area contributed by atoms with Crippen LogP contribution in [0.3, 0.4) is 0 Å². The highest BCUT2D eigenvalue weighted by Gasteiger charge is 2.19. The largest absolute Gasteiger partial charge is 0.496 e. The zero-order valence-corrected chi connectivity index (χ0v) is 13.2. The van der Waals surface area contributed by atoms with Gasteiger partial charge in [-0.2, -0.15) is 0 Å². The third-order valence-electron chi connectivity index (χ3n) is 3.26. The van der Waals surface area contributed by atoms with Crippen LogP contribution in [0.25, 0.3) is 0 Å². The highest BCUT2D eigenvalue weighted by Crippen LogP contribution is 2.31. The molecule has 1 N–H and O–H groups in total. The van der Waals surface area contributed by atoms with Gasteiger partial charge < -0.3 is 14.5 Å². The van der Waals surface area contributed by atoms with Crippen molar-refractivity contribution in [1.29, 1.82) is 0 Å². The molecule has 0 bridgehead atoms. The number of halogens is 1. The van der Waals surface area contributed by atoms with Crippen molar-refractivity contribution in [1.82, 2.24) is 5.32 Å². The highest BCUT2D eigenvalue weighted by atomic mass is 79.9. The maximum absolute atomic E-state index is 5.67. The molecule has 0 aliphatic heterocycles. The third kappa shape index (κ3) is 2.85. The molecule has 19 heavy (non-hydrogen) atoms. The van der Waals surface area contributed by atoms with Gasteiger partial charge in [-0.3, -0.25) is 0 Å². The summed E-state index contributed by atoms with van der Waals surface area (Å²) in [4.78, 5) is 0. The summed E-state index contributed by atoms with van der Waals surface area (Å²) in [6, 6.07) is 8.13. The van der Waals surface area contributed by atoms with Crippen molar-refractivity contribution < 1.29 is 9.15 Å². The van der Waals surface area contributed by atoms with Crippen LogP contribution >= 0.6 is 15.9 Å². The van der Waals surface area contributed by atoms with Crippen molar-refractivity contribution in [3.8, 4) is 5.75 Å². The van der Waals surface area contributed by atoms with E-state index in [1.165, 1.54) is 11.1 Å². The molecule has 1 aromatic heterocycles. The molecule has 0 spiro atoms. The zero-order valence-electron chi connectivity index (χ0n) is 11.6. The Bertz CT molecular complexity index is 578. The van der Waals surface area contributed by atoms with E-state index in [1.54, 1.807) is 7.11 Å². The number of hydrogen-bond acceptors (Lipinski definition) is 3. The monoisotopic (exact) mass is 323 g/mol. The highest BCUT2D eigenvalue weighted by molar-refractivity contribution is 9.10. The summed E-state index contributed by atoms with van der Waals surface area (Å²) < 4.78 is 11.8. The summed E-state index contributed by atoms with van der Waals surface area (Å²) in [5, 5.41) is 3.30. The van der Waals surface area contributed by atoms with Gasteiger partial charge in [-0.1, -0.05) is 6.07 Å². The topological polar surface area (TPSA) is 34.4 Å². The van der Waals surface area contributed by atoms with Crippen molar-refractivity contribution in [2.24, 2.45) is 0 Å². The second-order valence-electron chi connectivity index (χ2n) is 4.54. The number of methoxy groups -OCH3 is 1. The van der Waals surface area contributed by atoms with Crippen molar-refractivity contribution in [3.05, 3.63) is 51.4 Å². The fourth-order valence-corrected chi connectivity index (χ4v) is 2.60. The van der Waals surface area contributed by atoms with E-state index in [-0.39, 0.29) is 6.04 Å². The molecule has 3 nitrogen and oxygen atoms in total. The molecule has 0 fully saturated rings. The maximum atomic E-state index is 5.67. The minimum atomic E-state index is 0.0379. The first kappa shape index (κ1) is 14.2. The lowest BCUT2D eigenvalue weighted by atomic mass is 9.96. The zero-order chi connectivity index (χ0) is 14.0. The first-order chi connectivity index (χ1) is 9.06. The number of benzene rings is 1. The quantitative estimate of drug-likeness (QED) is 0.924. The lowest BCUT2D eigenvalue weighted by molar-refractivity contribution is 0.410. The molecule has 0 saturated heterocycles. The van der Waals surface area contributed by atoms with E-state index < -0.39 is 0 Å². The van der Waals surface area contributed by atoms with Gasteiger partial charge in [0.05, 0.1) is 13.2 Å². The van der Waals surface area contributed by atoms with Crippen LogP contribution in [-0.4, -0.2) is 14.2 Å². The lowest BCUT2D eigenvalue weighted by Crippen LogP contribution is -2.18. The molecular formula is C15H18BrNO2. The molecule has 0 amide bonds. The summed E-state index contributed by atoms with van der Waals surface area (Å²) >= 11 is 3.34. The first-order valence-corrected chi connectivity index (χ1v) is 6.93. The predicted octanol–water partition coefficient (Wildman–Crippen LogP) is 3.98. The standard InChI is InChI=1S/C15H18BrNO2/c1-9-8-13(18-4)10(2)7-11(9)15(17-3)12-5-6-14(16)19-12/h5-8,15,17H,1-4H3. The van der Waals surface area contributed by atoms with E-state index >= 15 is 0 Å². The van der Waals surface area contributed by atoms with E-state index in [4.69, 9.17) is 9.15 Å². The Hall–Kier alpha value is -1.26. The van der Waals surface area contributed by atoms with Crippen molar-refractivity contribution >= 4 is 15.9 Å². The van der Waals surface area contributed by atoms with Crippen LogP contribution in [0.15, 0.2) is 33.4 Å². The van der Waals surface area contributed by atoms with E-state index in [9.17, 15) is 0 Å². The molecule has 1 aromatic carbocycles. The van der Waals surface area contributed by atoms with Gasteiger partial charge in [0.25, 0.3) is 0 Å². The maximum Gasteiger partial charge on any atom is 0.169 e. The minimum Gasteiger partial charge on any atom is -0.496 e. The van der Waals surface area contributed by atoms with Crippen LogP contribution in [0.2, 0.25) is 0 Å². The van der Waals surface area contributed by atoms with Crippen molar-refractivity contribution in [2.75, 3.05) is 14.2 Å².